The lowest BCUT2D eigenvalue weighted by molar-refractivity contribution is -0.136. The van der Waals surface area contributed by atoms with E-state index in [1.807, 2.05) is 55.5 Å². The van der Waals surface area contributed by atoms with Gasteiger partial charge < -0.3 is 20.1 Å². The lowest BCUT2D eigenvalue weighted by atomic mass is 10.1. The van der Waals surface area contributed by atoms with E-state index < -0.39 is 5.97 Å². The van der Waals surface area contributed by atoms with Gasteiger partial charge in [-0.15, -0.1) is 0 Å². The molecule has 1 atom stereocenters. The molecule has 146 valence electrons. The second kappa shape index (κ2) is 8.71. The molecule has 0 bridgehead atoms. The largest absolute Gasteiger partial charge is 0.492 e. The van der Waals surface area contributed by atoms with Gasteiger partial charge in [-0.25, -0.2) is 0 Å². The van der Waals surface area contributed by atoms with E-state index in [0.29, 0.717) is 24.4 Å². The quantitative estimate of drug-likeness (QED) is 0.627. The van der Waals surface area contributed by atoms with Crippen LogP contribution in [-0.4, -0.2) is 28.3 Å². The van der Waals surface area contributed by atoms with Crippen LogP contribution in [0.3, 0.4) is 0 Å². The Labute approximate surface area is 163 Å². The van der Waals surface area contributed by atoms with Crippen molar-refractivity contribution < 1.29 is 14.6 Å². The minimum atomic E-state index is -1.03. The van der Waals surface area contributed by atoms with Crippen molar-refractivity contribution in [3.63, 3.8) is 0 Å². The van der Waals surface area contributed by atoms with Gasteiger partial charge in [0.25, 0.3) is 5.56 Å². The van der Waals surface area contributed by atoms with E-state index in [9.17, 15) is 9.59 Å². The predicted octanol–water partition coefficient (Wildman–Crippen LogP) is 2.79. The number of benzene rings is 2. The summed E-state index contributed by atoms with van der Waals surface area (Å²) in [5, 5.41) is 9.94. The van der Waals surface area contributed by atoms with Gasteiger partial charge in [0.1, 0.15) is 12.4 Å². The number of carbonyl (C=O) groups is 1. The van der Waals surface area contributed by atoms with Crippen molar-refractivity contribution in [2.24, 2.45) is 5.73 Å². The molecule has 6 heteroatoms. The third-order valence-electron chi connectivity index (χ3n) is 4.66. The first kappa shape index (κ1) is 19.6. The molecule has 0 spiro atoms. The Kier molecular flexibility index (Phi) is 6.11. The maximum atomic E-state index is 13.0. The molecule has 3 N–H and O–H groups in total. The molecular formula is C22H24N2O4. The van der Waals surface area contributed by atoms with Crippen LogP contribution in [0.15, 0.2) is 59.4 Å². The number of pyridine rings is 1. The summed E-state index contributed by atoms with van der Waals surface area (Å²) in [6, 6.07) is 16.6. The molecule has 0 saturated carbocycles. The first-order chi connectivity index (χ1) is 13.5. The zero-order valence-corrected chi connectivity index (χ0v) is 15.8. The fraction of sp³-hybridized carbons (Fsp3) is 0.273. The summed E-state index contributed by atoms with van der Waals surface area (Å²) < 4.78 is 7.38. The average molecular weight is 380 g/mol. The number of fused-ring (bicyclic) bond motifs is 1. The van der Waals surface area contributed by atoms with E-state index in [4.69, 9.17) is 15.6 Å². The number of aliphatic carboxylic acids is 1. The molecule has 0 saturated heterocycles. The van der Waals surface area contributed by atoms with Crippen molar-refractivity contribution in [2.45, 2.75) is 32.4 Å². The van der Waals surface area contributed by atoms with Crippen molar-refractivity contribution in [1.82, 2.24) is 4.57 Å². The van der Waals surface area contributed by atoms with Gasteiger partial charge in [0.15, 0.2) is 0 Å². The lowest BCUT2D eigenvalue weighted by Gasteiger charge is -2.15. The Morgan fingerprint density at radius 1 is 1.18 bits per heavy atom. The van der Waals surface area contributed by atoms with E-state index in [0.717, 1.165) is 17.4 Å². The van der Waals surface area contributed by atoms with Crippen molar-refractivity contribution in [3.8, 4) is 5.75 Å². The number of aromatic nitrogens is 1. The van der Waals surface area contributed by atoms with E-state index in [-0.39, 0.29) is 23.6 Å². The van der Waals surface area contributed by atoms with Crippen LogP contribution in [0, 0.1) is 0 Å². The summed E-state index contributed by atoms with van der Waals surface area (Å²) in [6.45, 7) is 2.74. The molecule has 0 radical (unpaired) electrons. The molecule has 3 rings (SSSR count). The Balaban J connectivity index is 2.08. The van der Waals surface area contributed by atoms with Crippen LogP contribution in [0.1, 0.15) is 24.5 Å². The highest BCUT2D eigenvalue weighted by molar-refractivity contribution is 5.82. The molecule has 1 aromatic heterocycles. The third-order valence-corrected chi connectivity index (χ3v) is 4.66. The SMILES string of the molecule is CCC(N)COc1ccc2cc(CC(=O)O)c(=O)n(Cc3ccccc3)c2c1. The summed E-state index contributed by atoms with van der Waals surface area (Å²) in [4.78, 5) is 24.2. The minimum Gasteiger partial charge on any atom is -0.492 e. The number of hydrogen-bond acceptors (Lipinski definition) is 4. The Morgan fingerprint density at radius 3 is 2.61 bits per heavy atom. The molecule has 1 heterocycles. The standard InChI is InChI=1S/C22H24N2O4/c1-2-18(23)14-28-19-9-8-16-10-17(11-21(25)26)22(27)24(20(16)12-19)13-15-6-4-3-5-7-15/h3-10,12,18H,2,11,13-14,23H2,1H3,(H,25,26). The van der Waals surface area contributed by atoms with Crippen molar-refractivity contribution in [1.29, 1.82) is 0 Å². The van der Waals surface area contributed by atoms with Crippen molar-refractivity contribution in [2.75, 3.05) is 6.61 Å². The first-order valence-electron chi connectivity index (χ1n) is 9.28. The summed E-state index contributed by atoms with van der Waals surface area (Å²) in [5.74, 6) is -0.403. The van der Waals surface area contributed by atoms with Gasteiger partial charge in [-0.05, 0) is 35.6 Å². The zero-order chi connectivity index (χ0) is 20.1. The topological polar surface area (TPSA) is 94.6 Å². The van der Waals surface area contributed by atoms with Crippen LogP contribution in [-0.2, 0) is 17.8 Å². The van der Waals surface area contributed by atoms with Crippen LogP contribution >= 0.6 is 0 Å². The van der Waals surface area contributed by atoms with Crippen molar-refractivity contribution in [3.05, 3.63) is 76.1 Å². The second-order valence-corrected chi connectivity index (χ2v) is 6.82. The number of carboxylic acids is 1. The van der Waals surface area contributed by atoms with Gasteiger partial charge >= 0.3 is 5.97 Å². The van der Waals surface area contributed by atoms with Gasteiger partial charge in [0.05, 0.1) is 18.5 Å². The predicted molar refractivity (Wildman–Crippen MR) is 109 cm³/mol. The average Bonchev–Trinajstić information content (AvgIpc) is 2.69. The fourth-order valence-corrected chi connectivity index (χ4v) is 3.03. The lowest BCUT2D eigenvalue weighted by Crippen LogP contribution is -2.27. The highest BCUT2D eigenvalue weighted by Crippen LogP contribution is 2.22. The maximum Gasteiger partial charge on any atom is 0.308 e. The van der Waals surface area contributed by atoms with Crippen LogP contribution < -0.4 is 16.0 Å². The second-order valence-electron chi connectivity index (χ2n) is 6.82. The number of nitrogens with two attached hydrogens (primary N) is 1. The van der Waals surface area contributed by atoms with Crippen LogP contribution in [0.2, 0.25) is 0 Å². The smallest absolute Gasteiger partial charge is 0.308 e. The van der Waals surface area contributed by atoms with Crippen molar-refractivity contribution >= 4 is 16.9 Å². The van der Waals surface area contributed by atoms with Gasteiger partial charge in [-0.1, -0.05) is 37.3 Å². The first-order valence-corrected chi connectivity index (χ1v) is 9.28. The Bertz CT molecular complexity index is 1030. The molecular weight excluding hydrogens is 356 g/mol. The summed E-state index contributed by atoms with van der Waals surface area (Å²) in [6.07, 6.45) is 0.498. The van der Waals surface area contributed by atoms with Crippen LogP contribution in [0.25, 0.3) is 10.9 Å². The van der Waals surface area contributed by atoms with E-state index in [1.165, 1.54) is 0 Å². The van der Waals surface area contributed by atoms with E-state index >= 15 is 0 Å². The normalized spacial score (nSPS) is 12.1. The molecule has 2 aromatic carbocycles. The molecule has 3 aromatic rings. The molecule has 1 unspecified atom stereocenters. The Hall–Kier alpha value is -3.12. The third kappa shape index (κ3) is 4.58. The minimum absolute atomic E-state index is 0.0554. The summed E-state index contributed by atoms with van der Waals surface area (Å²) >= 11 is 0. The highest BCUT2D eigenvalue weighted by Gasteiger charge is 2.13. The molecule has 6 nitrogen and oxygen atoms in total. The Morgan fingerprint density at radius 2 is 1.93 bits per heavy atom. The van der Waals surface area contributed by atoms with Gasteiger partial charge in [-0.3, -0.25) is 9.59 Å². The number of rotatable bonds is 8. The highest BCUT2D eigenvalue weighted by atomic mass is 16.5. The fourth-order valence-electron chi connectivity index (χ4n) is 3.03. The number of hydrogen-bond donors (Lipinski definition) is 2. The number of ether oxygens (including phenoxy) is 1. The van der Waals surface area contributed by atoms with Crippen LogP contribution in [0.5, 0.6) is 5.75 Å². The van der Waals surface area contributed by atoms with Gasteiger partial charge in [0.2, 0.25) is 0 Å². The molecule has 0 aliphatic rings. The molecule has 0 amide bonds. The summed E-state index contributed by atoms with van der Waals surface area (Å²) in [5.41, 5.74) is 7.53. The summed E-state index contributed by atoms with van der Waals surface area (Å²) in [7, 11) is 0. The van der Waals surface area contributed by atoms with Crippen LogP contribution in [0.4, 0.5) is 0 Å². The molecule has 28 heavy (non-hydrogen) atoms. The number of carboxylic acid groups (broad SMARTS) is 1. The van der Waals surface area contributed by atoms with E-state index in [2.05, 4.69) is 0 Å². The van der Waals surface area contributed by atoms with Gasteiger partial charge in [-0.2, -0.15) is 0 Å². The van der Waals surface area contributed by atoms with Gasteiger partial charge in [0, 0.05) is 17.7 Å². The number of nitrogens with zero attached hydrogens (tertiary/aromatic N) is 1. The molecule has 0 aliphatic heterocycles. The maximum absolute atomic E-state index is 13.0. The zero-order valence-electron chi connectivity index (χ0n) is 15.8. The molecule has 0 aliphatic carbocycles. The van der Waals surface area contributed by atoms with E-state index in [1.54, 1.807) is 10.6 Å². The monoisotopic (exact) mass is 380 g/mol. The molecule has 0 fully saturated rings.